The van der Waals surface area contributed by atoms with Gasteiger partial charge in [-0.15, -0.1) is 0 Å². The van der Waals surface area contributed by atoms with E-state index in [2.05, 4.69) is 27.7 Å². The fourth-order valence-electron chi connectivity index (χ4n) is 5.88. The fourth-order valence-corrected chi connectivity index (χ4v) is 5.88. The SMILES string of the molecule is C/C1=C\CC[C@@]2(C)O[C@@H]2CC[C@@]2(C)O[C@@H]2COC(=O)/C(C)=C/CC[C@@]2(C)O[C@@H]2CC[C@@]2(C)O[C@@H]2COC1=O. The second-order valence-corrected chi connectivity index (χ2v) is 12.8. The second-order valence-electron chi connectivity index (χ2n) is 12.8. The van der Waals surface area contributed by atoms with Gasteiger partial charge in [0.25, 0.3) is 0 Å². The zero-order valence-corrected chi connectivity index (χ0v) is 23.8. The lowest BCUT2D eigenvalue weighted by molar-refractivity contribution is -0.140. The summed E-state index contributed by atoms with van der Waals surface area (Å²) < 4.78 is 34.9. The summed E-state index contributed by atoms with van der Waals surface area (Å²) in [5.41, 5.74) is 0.348. The third kappa shape index (κ3) is 6.19. The summed E-state index contributed by atoms with van der Waals surface area (Å²) in [6.07, 6.45) is 10.8. The van der Waals surface area contributed by atoms with Crippen LogP contribution in [0.5, 0.6) is 0 Å². The highest BCUT2D eigenvalue weighted by atomic mass is 16.6. The normalized spacial score (nSPS) is 49.2. The molecule has 0 unspecified atom stereocenters. The summed E-state index contributed by atoms with van der Waals surface area (Å²) in [4.78, 5) is 25.0. The first-order chi connectivity index (χ1) is 17.9. The summed E-state index contributed by atoms with van der Waals surface area (Å²) in [7, 11) is 0. The number of hydrogen-bond donors (Lipinski definition) is 0. The molecule has 0 bridgehead atoms. The third-order valence-corrected chi connectivity index (χ3v) is 9.51. The van der Waals surface area contributed by atoms with E-state index in [-0.39, 0.29) is 72.0 Å². The Balaban J connectivity index is 1.17. The van der Waals surface area contributed by atoms with E-state index < -0.39 is 0 Å². The van der Waals surface area contributed by atoms with E-state index >= 15 is 0 Å². The molecule has 8 nitrogen and oxygen atoms in total. The van der Waals surface area contributed by atoms with Crippen LogP contribution in [0.2, 0.25) is 0 Å². The van der Waals surface area contributed by atoms with Crippen LogP contribution in [0.15, 0.2) is 23.3 Å². The van der Waals surface area contributed by atoms with Gasteiger partial charge in [-0.2, -0.15) is 0 Å². The molecule has 0 radical (unpaired) electrons. The van der Waals surface area contributed by atoms with Crippen molar-refractivity contribution in [2.24, 2.45) is 0 Å². The molecule has 0 aromatic carbocycles. The van der Waals surface area contributed by atoms with Crippen LogP contribution in [0.1, 0.15) is 92.9 Å². The van der Waals surface area contributed by atoms with Crippen molar-refractivity contribution < 1.29 is 38.0 Å². The topological polar surface area (TPSA) is 103 Å². The molecule has 5 heterocycles. The van der Waals surface area contributed by atoms with Gasteiger partial charge in [0.15, 0.2) is 0 Å². The molecule has 0 spiro atoms. The van der Waals surface area contributed by atoms with Crippen LogP contribution in [-0.2, 0) is 38.0 Å². The van der Waals surface area contributed by atoms with Gasteiger partial charge in [-0.1, -0.05) is 12.2 Å². The maximum Gasteiger partial charge on any atom is 0.333 e. The Kier molecular flexibility index (Phi) is 7.34. The molecular formula is C30H44O8. The van der Waals surface area contributed by atoms with E-state index in [0.29, 0.717) is 11.1 Å². The maximum atomic E-state index is 12.5. The van der Waals surface area contributed by atoms with Crippen LogP contribution < -0.4 is 0 Å². The number of rotatable bonds is 0. The number of carbonyl (C=O) groups excluding carboxylic acids is 2. The molecule has 8 atom stereocenters. The van der Waals surface area contributed by atoms with Crippen LogP contribution >= 0.6 is 0 Å². The molecule has 8 heteroatoms. The predicted octanol–water partition coefficient (Wildman–Crippen LogP) is 4.73. The Morgan fingerprint density at radius 3 is 1.32 bits per heavy atom. The number of carbonyl (C=O) groups is 2. The second kappa shape index (κ2) is 10.0. The monoisotopic (exact) mass is 532 g/mol. The molecule has 0 aliphatic carbocycles. The van der Waals surface area contributed by atoms with Crippen molar-refractivity contribution in [1.82, 2.24) is 0 Å². The van der Waals surface area contributed by atoms with Crippen molar-refractivity contribution in [3.8, 4) is 0 Å². The highest BCUT2D eigenvalue weighted by Gasteiger charge is 2.58. The lowest BCUT2D eigenvalue weighted by atomic mass is 9.93. The molecule has 0 N–H and O–H groups in total. The van der Waals surface area contributed by atoms with Gasteiger partial charge in [-0.05, 0) is 92.9 Å². The molecule has 0 amide bonds. The Morgan fingerprint density at radius 2 is 0.921 bits per heavy atom. The minimum atomic E-state index is -0.283. The zero-order valence-electron chi connectivity index (χ0n) is 23.8. The number of allylic oxidation sites excluding steroid dienone is 2. The van der Waals surface area contributed by atoms with E-state index in [1.54, 1.807) is 13.8 Å². The number of esters is 2. The van der Waals surface area contributed by atoms with Crippen LogP contribution in [0.25, 0.3) is 0 Å². The van der Waals surface area contributed by atoms with E-state index in [9.17, 15) is 9.59 Å². The molecule has 5 aliphatic heterocycles. The Labute approximate surface area is 226 Å². The average Bonchev–Trinajstić information content (AvgIpc) is 3.80. The van der Waals surface area contributed by atoms with Crippen molar-refractivity contribution in [2.45, 2.75) is 140 Å². The van der Waals surface area contributed by atoms with Gasteiger partial charge < -0.3 is 28.4 Å². The van der Waals surface area contributed by atoms with Crippen molar-refractivity contribution in [2.75, 3.05) is 13.2 Å². The van der Waals surface area contributed by atoms with Crippen molar-refractivity contribution in [3.05, 3.63) is 23.3 Å². The van der Waals surface area contributed by atoms with Gasteiger partial charge in [0.05, 0.1) is 34.6 Å². The lowest BCUT2D eigenvalue weighted by Crippen LogP contribution is -2.19. The Morgan fingerprint density at radius 1 is 0.579 bits per heavy atom. The maximum absolute atomic E-state index is 12.5. The summed E-state index contributed by atoms with van der Waals surface area (Å²) in [5.74, 6) is -0.565. The highest BCUT2D eigenvalue weighted by Crippen LogP contribution is 2.49. The summed E-state index contributed by atoms with van der Waals surface area (Å²) in [5, 5.41) is 0. The van der Waals surface area contributed by atoms with Crippen LogP contribution in [0, 0.1) is 0 Å². The molecule has 212 valence electrons. The lowest BCUT2D eigenvalue weighted by Gasteiger charge is -2.09. The first kappa shape index (κ1) is 27.8. The molecule has 4 fully saturated rings. The standard InChI is InChI=1S/C30H44O8/c1-19-9-7-13-27(3)21(35-27)11-16-30(6)24(38-30)18-34-26(32)20(2)10-8-14-28(4)22(36-28)12-15-29(5)23(37-29)17-33-25(19)31/h9-10,21-24H,7-8,11-18H2,1-6H3/b19-9+,20-10+/t21-,22-,23-,24-,27-,28-,29-,30-/m1/s1. The first-order valence-electron chi connectivity index (χ1n) is 14.2. The fraction of sp³-hybridized carbons (Fsp3) is 0.800. The third-order valence-electron chi connectivity index (χ3n) is 9.51. The molecule has 5 aliphatic rings. The quantitative estimate of drug-likeness (QED) is 0.326. The number of epoxide rings is 4. The summed E-state index contributed by atoms with van der Waals surface area (Å²) >= 11 is 0. The van der Waals surface area contributed by atoms with Gasteiger partial charge in [-0.25, -0.2) is 9.59 Å². The Hall–Kier alpha value is -1.74. The Bertz CT molecular complexity index is 940. The number of hydrogen-bond acceptors (Lipinski definition) is 8. The predicted molar refractivity (Wildman–Crippen MR) is 139 cm³/mol. The average molecular weight is 533 g/mol. The molecular weight excluding hydrogens is 488 g/mol. The molecule has 0 aromatic rings. The number of cyclic esters (lactones) is 2. The van der Waals surface area contributed by atoms with Crippen LogP contribution in [0.3, 0.4) is 0 Å². The van der Waals surface area contributed by atoms with Gasteiger partial charge >= 0.3 is 11.9 Å². The molecule has 5 rings (SSSR count). The van der Waals surface area contributed by atoms with E-state index in [4.69, 9.17) is 28.4 Å². The van der Waals surface area contributed by atoms with Gasteiger partial charge in [0.1, 0.15) is 25.4 Å². The van der Waals surface area contributed by atoms with Gasteiger partial charge in [0.2, 0.25) is 0 Å². The molecule has 0 aromatic heterocycles. The van der Waals surface area contributed by atoms with E-state index in [1.807, 2.05) is 12.2 Å². The van der Waals surface area contributed by atoms with Crippen LogP contribution in [-0.4, -0.2) is 72.0 Å². The molecule has 0 saturated carbocycles. The van der Waals surface area contributed by atoms with Crippen molar-refractivity contribution >= 4 is 11.9 Å². The summed E-state index contributed by atoms with van der Waals surface area (Å²) in [6.45, 7) is 12.5. The van der Waals surface area contributed by atoms with Crippen LogP contribution in [0.4, 0.5) is 0 Å². The molecule has 4 saturated heterocycles. The largest absolute Gasteiger partial charge is 0.459 e. The highest BCUT2D eigenvalue weighted by molar-refractivity contribution is 5.88. The number of ether oxygens (including phenoxy) is 6. The van der Waals surface area contributed by atoms with E-state index in [1.165, 1.54) is 0 Å². The van der Waals surface area contributed by atoms with Crippen molar-refractivity contribution in [1.29, 1.82) is 0 Å². The van der Waals surface area contributed by atoms with Gasteiger partial charge in [0, 0.05) is 11.1 Å². The minimum Gasteiger partial charge on any atom is -0.459 e. The van der Waals surface area contributed by atoms with Gasteiger partial charge in [-0.3, -0.25) is 0 Å². The zero-order chi connectivity index (χ0) is 27.3. The number of fused-ring (bicyclic) bond motifs is 4. The van der Waals surface area contributed by atoms with Crippen molar-refractivity contribution in [3.63, 3.8) is 0 Å². The molecule has 38 heavy (non-hydrogen) atoms. The summed E-state index contributed by atoms with van der Waals surface area (Å²) in [6, 6.07) is 0. The van der Waals surface area contributed by atoms with E-state index in [0.717, 1.165) is 51.4 Å². The first-order valence-corrected chi connectivity index (χ1v) is 14.2. The smallest absolute Gasteiger partial charge is 0.333 e. The minimum absolute atomic E-state index is 0.0733.